The predicted octanol–water partition coefficient (Wildman–Crippen LogP) is 4.10. The number of carboxylic acids is 1. The van der Waals surface area contributed by atoms with Crippen LogP contribution in [0.15, 0.2) is 18.2 Å². The topological polar surface area (TPSA) is 58.6 Å². The Labute approximate surface area is 141 Å². The van der Waals surface area contributed by atoms with Gasteiger partial charge in [-0.25, -0.2) is 0 Å². The molecule has 2 atom stereocenters. The van der Waals surface area contributed by atoms with Crippen molar-refractivity contribution in [3.63, 3.8) is 0 Å². The van der Waals surface area contributed by atoms with Crippen LogP contribution in [0.25, 0.3) is 0 Å². The number of hydrogen-bond donors (Lipinski definition) is 2. The summed E-state index contributed by atoms with van der Waals surface area (Å²) < 4.78 is 5.62. The number of carbonyl (C=O) groups is 1. The molecule has 0 fully saturated rings. The Morgan fingerprint density at radius 1 is 1.27 bits per heavy atom. The van der Waals surface area contributed by atoms with Crippen LogP contribution in [0.3, 0.4) is 0 Å². The molecule has 0 radical (unpaired) electrons. The number of rotatable bonds is 9. The average molecular weight is 348 g/mol. The van der Waals surface area contributed by atoms with E-state index in [1.54, 1.807) is 18.2 Å². The Balaban J connectivity index is 2.40. The molecule has 0 aliphatic carbocycles. The normalized spacial score (nSPS) is 13.9. The summed E-state index contributed by atoms with van der Waals surface area (Å²) in [6.45, 7) is 6.84. The zero-order chi connectivity index (χ0) is 16.7. The van der Waals surface area contributed by atoms with Crippen LogP contribution in [0, 0.1) is 11.8 Å². The van der Waals surface area contributed by atoms with Crippen molar-refractivity contribution in [1.29, 1.82) is 0 Å². The molecule has 0 aliphatic rings. The van der Waals surface area contributed by atoms with E-state index in [-0.39, 0.29) is 12.0 Å². The number of benzene rings is 1. The third kappa shape index (κ3) is 6.86. The number of carboxylic acid groups (broad SMARTS) is 1. The highest BCUT2D eigenvalue weighted by molar-refractivity contribution is 6.42. The molecule has 0 saturated carbocycles. The number of halogens is 2. The molecule has 0 heterocycles. The lowest BCUT2D eigenvalue weighted by molar-refractivity contribution is -0.142. The van der Waals surface area contributed by atoms with E-state index < -0.39 is 5.97 Å². The molecule has 4 nitrogen and oxygen atoms in total. The monoisotopic (exact) mass is 347 g/mol. The maximum absolute atomic E-state index is 11.2. The summed E-state index contributed by atoms with van der Waals surface area (Å²) in [7, 11) is 0. The second-order valence-electron chi connectivity index (χ2n) is 5.86. The molecule has 22 heavy (non-hydrogen) atoms. The lowest BCUT2D eigenvalue weighted by Crippen LogP contribution is -2.38. The van der Waals surface area contributed by atoms with E-state index in [1.807, 2.05) is 20.8 Å². The van der Waals surface area contributed by atoms with Crippen LogP contribution in [0.4, 0.5) is 0 Å². The second kappa shape index (κ2) is 9.23. The fraction of sp³-hybridized carbons (Fsp3) is 0.562. The van der Waals surface area contributed by atoms with Crippen molar-refractivity contribution in [1.82, 2.24) is 5.32 Å². The lowest BCUT2D eigenvalue weighted by Gasteiger charge is -2.19. The van der Waals surface area contributed by atoms with Crippen molar-refractivity contribution in [3.8, 4) is 5.75 Å². The Kier molecular flexibility index (Phi) is 8.01. The van der Waals surface area contributed by atoms with Crippen molar-refractivity contribution >= 4 is 29.2 Å². The van der Waals surface area contributed by atoms with Gasteiger partial charge < -0.3 is 15.2 Å². The van der Waals surface area contributed by atoms with Gasteiger partial charge in [-0.2, -0.15) is 0 Å². The molecule has 0 aromatic heterocycles. The van der Waals surface area contributed by atoms with Crippen LogP contribution in [0.2, 0.25) is 10.0 Å². The van der Waals surface area contributed by atoms with E-state index >= 15 is 0 Å². The first kappa shape index (κ1) is 19.1. The number of aliphatic carboxylic acids is 1. The molecule has 6 heteroatoms. The molecule has 124 valence electrons. The summed E-state index contributed by atoms with van der Waals surface area (Å²) in [5.41, 5.74) is 0. The first-order chi connectivity index (χ1) is 10.3. The van der Waals surface area contributed by atoms with Crippen molar-refractivity contribution in [2.24, 2.45) is 11.8 Å². The summed E-state index contributed by atoms with van der Waals surface area (Å²) in [5, 5.41) is 13.3. The standard InChI is InChI=1S/C16H23Cl2NO3/c1-10(2)6-12(16(20)21)8-19-11(3)9-22-13-4-5-14(17)15(18)7-13/h4-5,7,10-12,19H,6,8-9H2,1-3H3,(H,20,21). The zero-order valence-corrected chi connectivity index (χ0v) is 14.6. The molecule has 0 bridgehead atoms. The van der Waals surface area contributed by atoms with E-state index in [9.17, 15) is 9.90 Å². The third-order valence-corrected chi connectivity index (χ3v) is 3.95. The van der Waals surface area contributed by atoms with E-state index in [0.29, 0.717) is 41.3 Å². The van der Waals surface area contributed by atoms with E-state index in [0.717, 1.165) is 0 Å². The van der Waals surface area contributed by atoms with E-state index in [2.05, 4.69) is 5.32 Å². The van der Waals surface area contributed by atoms with Gasteiger partial charge in [-0.1, -0.05) is 37.0 Å². The largest absolute Gasteiger partial charge is 0.492 e. The third-order valence-electron chi connectivity index (χ3n) is 3.21. The quantitative estimate of drug-likeness (QED) is 0.706. The number of ether oxygens (including phenoxy) is 1. The molecular formula is C16H23Cl2NO3. The minimum absolute atomic E-state index is 0.0310. The van der Waals surface area contributed by atoms with Gasteiger partial charge in [0.15, 0.2) is 0 Å². The predicted molar refractivity (Wildman–Crippen MR) is 90.0 cm³/mol. The van der Waals surface area contributed by atoms with Crippen LogP contribution in [-0.2, 0) is 4.79 Å². The smallest absolute Gasteiger partial charge is 0.307 e. The van der Waals surface area contributed by atoms with Crippen molar-refractivity contribution in [2.75, 3.05) is 13.2 Å². The minimum Gasteiger partial charge on any atom is -0.492 e. The van der Waals surface area contributed by atoms with E-state index in [1.165, 1.54) is 0 Å². The molecule has 1 rings (SSSR count). The second-order valence-corrected chi connectivity index (χ2v) is 6.68. The Hall–Kier alpha value is -0.970. The van der Waals surface area contributed by atoms with Crippen LogP contribution < -0.4 is 10.1 Å². The molecule has 0 aliphatic heterocycles. The molecule has 1 aromatic rings. The molecule has 2 N–H and O–H groups in total. The van der Waals surface area contributed by atoms with Gasteiger partial charge in [-0.05, 0) is 31.4 Å². The van der Waals surface area contributed by atoms with Crippen molar-refractivity contribution < 1.29 is 14.6 Å². The van der Waals surface area contributed by atoms with Crippen LogP contribution in [-0.4, -0.2) is 30.3 Å². The molecule has 0 amide bonds. The van der Waals surface area contributed by atoms with Gasteiger partial charge >= 0.3 is 5.97 Å². The Morgan fingerprint density at radius 3 is 2.50 bits per heavy atom. The van der Waals surface area contributed by atoms with Crippen LogP contribution in [0.1, 0.15) is 27.2 Å². The van der Waals surface area contributed by atoms with E-state index in [4.69, 9.17) is 27.9 Å². The highest BCUT2D eigenvalue weighted by Gasteiger charge is 2.19. The minimum atomic E-state index is -0.765. The van der Waals surface area contributed by atoms with Crippen LogP contribution >= 0.6 is 23.2 Å². The summed E-state index contributed by atoms with van der Waals surface area (Å²) in [6, 6.07) is 5.12. The first-order valence-electron chi connectivity index (χ1n) is 7.33. The van der Waals surface area contributed by atoms with Gasteiger partial charge in [0.1, 0.15) is 12.4 Å². The summed E-state index contributed by atoms with van der Waals surface area (Å²) in [4.78, 5) is 11.2. The summed E-state index contributed by atoms with van der Waals surface area (Å²) in [5.74, 6) is -0.156. The molecular weight excluding hydrogens is 325 g/mol. The SMILES string of the molecule is CC(C)CC(CNC(C)COc1ccc(Cl)c(Cl)c1)C(=O)O. The molecule has 0 spiro atoms. The number of hydrogen-bond acceptors (Lipinski definition) is 3. The average Bonchev–Trinajstić information content (AvgIpc) is 2.44. The van der Waals surface area contributed by atoms with Gasteiger partial charge in [0.2, 0.25) is 0 Å². The maximum Gasteiger partial charge on any atom is 0.307 e. The fourth-order valence-corrected chi connectivity index (χ4v) is 2.32. The first-order valence-corrected chi connectivity index (χ1v) is 8.09. The zero-order valence-electron chi connectivity index (χ0n) is 13.1. The molecule has 2 unspecified atom stereocenters. The molecule has 0 saturated heterocycles. The van der Waals surface area contributed by atoms with Crippen molar-refractivity contribution in [3.05, 3.63) is 28.2 Å². The number of nitrogens with one attached hydrogen (secondary N) is 1. The van der Waals surface area contributed by atoms with Gasteiger partial charge in [-0.15, -0.1) is 0 Å². The fourth-order valence-electron chi connectivity index (χ4n) is 2.03. The van der Waals surface area contributed by atoms with Gasteiger partial charge in [0.25, 0.3) is 0 Å². The van der Waals surface area contributed by atoms with Crippen LogP contribution in [0.5, 0.6) is 5.75 Å². The Bertz CT molecular complexity index is 494. The van der Waals surface area contributed by atoms with Gasteiger partial charge in [0.05, 0.1) is 16.0 Å². The molecule has 1 aromatic carbocycles. The summed E-state index contributed by atoms with van der Waals surface area (Å²) >= 11 is 11.8. The summed E-state index contributed by atoms with van der Waals surface area (Å²) in [6.07, 6.45) is 0.655. The highest BCUT2D eigenvalue weighted by Crippen LogP contribution is 2.26. The van der Waals surface area contributed by atoms with Gasteiger partial charge in [0, 0.05) is 18.7 Å². The Morgan fingerprint density at radius 2 is 1.95 bits per heavy atom. The maximum atomic E-state index is 11.2. The van der Waals surface area contributed by atoms with Crippen molar-refractivity contribution in [2.45, 2.75) is 33.2 Å². The van der Waals surface area contributed by atoms with Gasteiger partial charge in [-0.3, -0.25) is 4.79 Å². The lowest BCUT2D eigenvalue weighted by atomic mass is 9.97. The highest BCUT2D eigenvalue weighted by atomic mass is 35.5.